The van der Waals surface area contributed by atoms with Gasteiger partial charge >= 0.3 is 0 Å². The maximum Gasteiger partial charge on any atom is 0.244 e. The van der Waals surface area contributed by atoms with Gasteiger partial charge in [0.05, 0.1) is 6.20 Å². The number of aromatic nitrogens is 2. The summed E-state index contributed by atoms with van der Waals surface area (Å²) in [5, 5.41) is 3.92. The maximum absolute atomic E-state index is 12.4. The Morgan fingerprint density at radius 2 is 1.84 bits per heavy atom. The van der Waals surface area contributed by atoms with Crippen molar-refractivity contribution in [1.29, 1.82) is 0 Å². The van der Waals surface area contributed by atoms with Crippen molar-refractivity contribution in [2.45, 2.75) is 37.6 Å². The molecule has 136 valence electrons. The molecular formula is C18H26N4O2S. The molecule has 0 aliphatic carbocycles. The van der Waals surface area contributed by atoms with E-state index in [1.54, 1.807) is 7.05 Å². The zero-order chi connectivity index (χ0) is 18.0. The minimum absolute atomic E-state index is 0.181. The number of hydrogen-bond donors (Lipinski definition) is 1. The number of hydrogen-bond acceptors (Lipinski definition) is 4. The quantitative estimate of drug-likeness (QED) is 0.888. The fourth-order valence-electron chi connectivity index (χ4n) is 3.15. The van der Waals surface area contributed by atoms with Crippen molar-refractivity contribution >= 4 is 15.7 Å². The zero-order valence-corrected chi connectivity index (χ0v) is 15.8. The number of piperidine rings is 1. The molecule has 25 heavy (non-hydrogen) atoms. The molecule has 0 spiro atoms. The Morgan fingerprint density at radius 3 is 2.40 bits per heavy atom. The number of anilines is 1. The van der Waals surface area contributed by atoms with Crippen LogP contribution in [-0.2, 0) is 17.1 Å². The summed E-state index contributed by atoms with van der Waals surface area (Å²) < 4.78 is 29.0. The van der Waals surface area contributed by atoms with Gasteiger partial charge in [0.25, 0.3) is 0 Å². The van der Waals surface area contributed by atoms with Crippen molar-refractivity contribution in [2.24, 2.45) is 13.0 Å². The lowest BCUT2D eigenvalue weighted by molar-refractivity contribution is 0.438. The van der Waals surface area contributed by atoms with Crippen LogP contribution in [0.2, 0.25) is 0 Å². The Bertz CT molecular complexity index is 806. The molecule has 1 aliphatic rings. The highest BCUT2D eigenvalue weighted by atomic mass is 32.2. The average molecular weight is 362 g/mol. The van der Waals surface area contributed by atoms with Crippen LogP contribution >= 0.6 is 0 Å². The predicted molar refractivity (Wildman–Crippen MR) is 99.0 cm³/mol. The highest BCUT2D eigenvalue weighted by Gasteiger charge is 2.20. The standard InChI is InChI=1S/C18H26N4O2S/c1-14-8-10-22(11-9-14)17-6-4-16(5-7-17)15(2)20-25(23,24)18-12-19-21(3)13-18/h4-7,12-15,20H,8-11H2,1-3H3/t15-/m0/s1. The van der Waals surface area contributed by atoms with E-state index in [-0.39, 0.29) is 10.9 Å². The van der Waals surface area contributed by atoms with Gasteiger partial charge in [-0.2, -0.15) is 5.10 Å². The molecule has 1 fully saturated rings. The monoisotopic (exact) mass is 362 g/mol. The Morgan fingerprint density at radius 1 is 1.20 bits per heavy atom. The molecule has 1 aliphatic heterocycles. The average Bonchev–Trinajstić information content (AvgIpc) is 3.03. The van der Waals surface area contributed by atoms with Gasteiger partial charge in [0.2, 0.25) is 10.0 Å². The second kappa shape index (κ2) is 7.17. The number of aryl methyl sites for hydroxylation is 1. The zero-order valence-electron chi connectivity index (χ0n) is 15.0. The van der Waals surface area contributed by atoms with Crippen molar-refractivity contribution in [3.8, 4) is 0 Å². The molecule has 0 amide bonds. The first-order valence-electron chi connectivity index (χ1n) is 8.71. The topological polar surface area (TPSA) is 67.2 Å². The van der Waals surface area contributed by atoms with Gasteiger partial charge in [-0.3, -0.25) is 4.68 Å². The molecule has 1 aromatic heterocycles. The molecule has 1 saturated heterocycles. The Labute approximate surface area is 149 Å². The molecule has 2 heterocycles. The van der Waals surface area contributed by atoms with Crippen LogP contribution < -0.4 is 9.62 Å². The van der Waals surface area contributed by atoms with Crippen LogP contribution in [0, 0.1) is 5.92 Å². The number of nitrogens with zero attached hydrogens (tertiary/aromatic N) is 3. The molecule has 3 rings (SSSR count). The van der Waals surface area contributed by atoms with Crippen molar-refractivity contribution in [3.05, 3.63) is 42.2 Å². The summed E-state index contributed by atoms with van der Waals surface area (Å²) in [6, 6.07) is 7.87. The second-order valence-electron chi connectivity index (χ2n) is 6.95. The fourth-order valence-corrected chi connectivity index (χ4v) is 4.36. The van der Waals surface area contributed by atoms with E-state index >= 15 is 0 Å². The van der Waals surface area contributed by atoms with E-state index in [9.17, 15) is 8.42 Å². The molecule has 1 atom stereocenters. The molecule has 0 radical (unpaired) electrons. The Hall–Kier alpha value is -1.86. The first kappa shape index (κ1) is 17.9. The number of nitrogens with one attached hydrogen (secondary N) is 1. The summed E-state index contributed by atoms with van der Waals surface area (Å²) in [7, 11) is -1.87. The third-order valence-corrected chi connectivity index (χ3v) is 6.36. The van der Waals surface area contributed by atoms with E-state index in [0.717, 1.165) is 24.6 Å². The molecule has 0 bridgehead atoms. The summed E-state index contributed by atoms with van der Waals surface area (Å²) in [6.07, 6.45) is 5.30. The first-order chi connectivity index (χ1) is 11.8. The van der Waals surface area contributed by atoms with Gasteiger partial charge in [-0.15, -0.1) is 0 Å². The van der Waals surface area contributed by atoms with Crippen LogP contribution in [0.1, 0.15) is 38.3 Å². The lowest BCUT2D eigenvalue weighted by Gasteiger charge is -2.32. The highest BCUT2D eigenvalue weighted by molar-refractivity contribution is 7.89. The second-order valence-corrected chi connectivity index (χ2v) is 8.67. The number of benzene rings is 1. The first-order valence-corrected chi connectivity index (χ1v) is 10.2. The summed E-state index contributed by atoms with van der Waals surface area (Å²) in [4.78, 5) is 2.58. The van der Waals surface area contributed by atoms with Crippen LogP contribution in [0.4, 0.5) is 5.69 Å². The summed E-state index contributed by atoms with van der Waals surface area (Å²) in [5.74, 6) is 0.803. The number of rotatable bonds is 5. The van der Waals surface area contributed by atoms with E-state index in [2.05, 4.69) is 33.8 Å². The summed E-state index contributed by atoms with van der Waals surface area (Å²) >= 11 is 0. The molecule has 1 N–H and O–H groups in total. The van der Waals surface area contributed by atoms with Crippen molar-refractivity contribution < 1.29 is 8.42 Å². The van der Waals surface area contributed by atoms with E-state index in [1.165, 1.54) is 35.6 Å². The third-order valence-electron chi connectivity index (χ3n) is 4.87. The molecule has 7 heteroatoms. The van der Waals surface area contributed by atoms with E-state index < -0.39 is 10.0 Å². The van der Waals surface area contributed by atoms with Gasteiger partial charge in [0.15, 0.2) is 0 Å². The molecule has 2 aromatic rings. The van der Waals surface area contributed by atoms with Crippen LogP contribution in [0.3, 0.4) is 0 Å². The van der Waals surface area contributed by atoms with Crippen LogP contribution in [0.25, 0.3) is 0 Å². The van der Waals surface area contributed by atoms with Gasteiger partial charge in [0, 0.05) is 38.1 Å². The molecule has 1 aromatic carbocycles. The van der Waals surface area contributed by atoms with Crippen molar-refractivity contribution in [1.82, 2.24) is 14.5 Å². The van der Waals surface area contributed by atoms with E-state index in [4.69, 9.17) is 0 Å². The highest BCUT2D eigenvalue weighted by Crippen LogP contribution is 2.25. The Balaban J connectivity index is 1.67. The fraction of sp³-hybridized carbons (Fsp3) is 0.500. The van der Waals surface area contributed by atoms with E-state index in [0.29, 0.717) is 0 Å². The maximum atomic E-state index is 12.4. The van der Waals surface area contributed by atoms with Crippen molar-refractivity contribution in [2.75, 3.05) is 18.0 Å². The van der Waals surface area contributed by atoms with Crippen LogP contribution in [0.15, 0.2) is 41.6 Å². The molecule has 0 saturated carbocycles. The smallest absolute Gasteiger partial charge is 0.244 e. The minimum atomic E-state index is -3.57. The summed E-state index contributed by atoms with van der Waals surface area (Å²) in [5.41, 5.74) is 2.15. The van der Waals surface area contributed by atoms with E-state index in [1.807, 2.05) is 19.1 Å². The van der Waals surface area contributed by atoms with Crippen LogP contribution in [0.5, 0.6) is 0 Å². The minimum Gasteiger partial charge on any atom is -0.372 e. The molecule has 6 nitrogen and oxygen atoms in total. The van der Waals surface area contributed by atoms with Crippen LogP contribution in [-0.4, -0.2) is 31.3 Å². The summed E-state index contributed by atoms with van der Waals surface area (Å²) in [6.45, 7) is 6.33. The van der Waals surface area contributed by atoms with Gasteiger partial charge in [-0.1, -0.05) is 19.1 Å². The van der Waals surface area contributed by atoms with Gasteiger partial charge < -0.3 is 4.90 Å². The van der Waals surface area contributed by atoms with Gasteiger partial charge in [-0.25, -0.2) is 13.1 Å². The van der Waals surface area contributed by atoms with Crippen molar-refractivity contribution in [3.63, 3.8) is 0 Å². The third kappa shape index (κ3) is 4.22. The lowest BCUT2D eigenvalue weighted by atomic mass is 9.98. The normalized spacial score (nSPS) is 17.6. The Kier molecular flexibility index (Phi) is 5.15. The lowest BCUT2D eigenvalue weighted by Crippen LogP contribution is -2.32. The SMILES string of the molecule is CC1CCN(c2ccc([C@H](C)NS(=O)(=O)c3cnn(C)c3)cc2)CC1. The van der Waals surface area contributed by atoms with Gasteiger partial charge in [0.1, 0.15) is 4.90 Å². The predicted octanol–water partition coefficient (Wildman–Crippen LogP) is 2.70. The molecular weight excluding hydrogens is 336 g/mol. The molecule has 0 unspecified atom stereocenters. The van der Waals surface area contributed by atoms with Gasteiger partial charge in [-0.05, 0) is 43.4 Å². The number of sulfonamides is 1. The largest absolute Gasteiger partial charge is 0.372 e.